The summed E-state index contributed by atoms with van der Waals surface area (Å²) in [4.78, 5) is 21.3. The first-order valence-corrected chi connectivity index (χ1v) is 16.1. The van der Waals surface area contributed by atoms with Gasteiger partial charge in [-0.15, -0.1) is 16.5 Å². The van der Waals surface area contributed by atoms with Gasteiger partial charge in [0.1, 0.15) is 13.7 Å². The smallest absolute Gasteiger partial charge is 0.114 e. The van der Waals surface area contributed by atoms with Crippen molar-refractivity contribution in [1.29, 1.82) is 0 Å². The van der Waals surface area contributed by atoms with Crippen LogP contribution in [0.15, 0.2) is 82.3 Å². The summed E-state index contributed by atoms with van der Waals surface area (Å²) in [5, 5.41) is 12.9. The van der Waals surface area contributed by atoms with Crippen LogP contribution in [-0.2, 0) is 41.4 Å². The Labute approximate surface area is 269 Å². The number of hydrogen-bond acceptors (Lipinski definition) is 9. The van der Waals surface area contributed by atoms with Crippen molar-refractivity contribution in [3.63, 3.8) is 0 Å². The standard InChI is InChI=1S/C9H11N.C7H9N.C6H10N2.C5H7NS.C4H9NO.C3H7NO/c1-9(5-6-9)8-4-2-3-7-10-8;1-2-7-5-3-4-6-8-7;1-3-6-4-5-7-8(6)2;1-2-5-3-7-4-6-5;1-3-5-6-4-2;1-3-4-5-2/h2-4,7H,5-6H2,1H3;3-6H,2H2,1H3;4-5H,3H2,1-2H3;3-4H,2H2,1H3;3H,4H2,1-2H3;3H,1-2H3. The molecule has 1 aliphatic rings. The second-order valence-corrected chi connectivity index (χ2v) is 10.1. The van der Waals surface area contributed by atoms with E-state index in [1.807, 2.05) is 80.0 Å². The van der Waals surface area contributed by atoms with E-state index in [4.69, 9.17) is 0 Å². The van der Waals surface area contributed by atoms with Crippen LogP contribution < -0.4 is 0 Å². The number of pyridine rings is 2. The van der Waals surface area contributed by atoms with Crippen LogP contribution in [0.5, 0.6) is 0 Å². The lowest BCUT2D eigenvalue weighted by molar-refractivity contribution is 0.160. The van der Waals surface area contributed by atoms with E-state index < -0.39 is 0 Å². The van der Waals surface area contributed by atoms with Crippen molar-refractivity contribution in [2.75, 3.05) is 13.7 Å². The average molecular weight is 624 g/mol. The summed E-state index contributed by atoms with van der Waals surface area (Å²) >= 11 is 1.65. The van der Waals surface area contributed by atoms with Crippen LogP contribution in [0.25, 0.3) is 0 Å². The summed E-state index contributed by atoms with van der Waals surface area (Å²) in [6.45, 7) is 14.8. The molecule has 0 N–H and O–H groups in total. The highest BCUT2D eigenvalue weighted by molar-refractivity contribution is 7.07. The van der Waals surface area contributed by atoms with Gasteiger partial charge in [0.05, 0.1) is 11.2 Å². The van der Waals surface area contributed by atoms with E-state index in [0.717, 1.165) is 25.0 Å². The van der Waals surface area contributed by atoms with E-state index in [1.165, 1.54) is 37.0 Å². The first-order valence-electron chi connectivity index (χ1n) is 15.1. The molecule has 0 radical (unpaired) electrons. The maximum absolute atomic E-state index is 4.55. The molecule has 0 atom stereocenters. The Kier molecular flexibility index (Phi) is 24.3. The van der Waals surface area contributed by atoms with Crippen LogP contribution in [0.3, 0.4) is 0 Å². The van der Waals surface area contributed by atoms with Crippen LogP contribution in [0.1, 0.15) is 84.1 Å². The SMILES string of the molecule is CC1(c2ccccn2)CC1.CC=NOC.CC=NOCC.CCc1ccccn1.CCc1ccnn1C.CCc1cscn1. The highest BCUT2D eigenvalue weighted by Gasteiger charge is 2.39. The molecule has 0 aromatic carbocycles. The van der Waals surface area contributed by atoms with Gasteiger partial charge in [0.15, 0.2) is 0 Å². The van der Waals surface area contributed by atoms with Crippen LogP contribution in [0.2, 0.25) is 0 Å². The largest absolute Gasteiger partial charge is 0.399 e. The lowest BCUT2D eigenvalue weighted by Gasteiger charge is -2.04. The Morgan fingerprint density at radius 3 is 1.77 bits per heavy atom. The van der Waals surface area contributed by atoms with E-state index in [9.17, 15) is 0 Å². The molecular weight excluding hydrogens is 570 g/mol. The van der Waals surface area contributed by atoms with Crippen LogP contribution in [0, 0.1) is 0 Å². The molecule has 0 aliphatic heterocycles. The van der Waals surface area contributed by atoms with Gasteiger partial charge in [-0.25, -0.2) is 4.98 Å². The molecule has 0 saturated heterocycles. The van der Waals surface area contributed by atoms with Gasteiger partial charge in [-0.3, -0.25) is 14.6 Å². The Balaban J connectivity index is 0.000000512. The molecule has 44 heavy (non-hydrogen) atoms. The van der Waals surface area contributed by atoms with Crippen LogP contribution in [0.4, 0.5) is 0 Å². The van der Waals surface area contributed by atoms with Gasteiger partial charge in [-0.05, 0) is 83.2 Å². The van der Waals surface area contributed by atoms with E-state index in [1.54, 1.807) is 30.7 Å². The van der Waals surface area contributed by atoms with Crippen molar-refractivity contribution in [3.8, 4) is 0 Å². The van der Waals surface area contributed by atoms with Crippen molar-refractivity contribution in [2.45, 2.75) is 86.0 Å². The fraction of sp³-hybridized carbons (Fsp3) is 0.471. The third kappa shape index (κ3) is 20.1. The molecule has 1 fully saturated rings. The number of oxime groups is 2. The van der Waals surface area contributed by atoms with E-state index in [0.29, 0.717) is 12.0 Å². The van der Waals surface area contributed by atoms with Crippen molar-refractivity contribution < 1.29 is 9.68 Å². The van der Waals surface area contributed by atoms with Gasteiger partial charge in [0, 0.05) is 65.9 Å². The van der Waals surface area contributed by atoms with Gasteiger partial charge < -0.3 is 9.68 Å². The predicted molar refractivity (Wildman–Crippen MR) is 185 cm³/mol. The van der Waals surface area contributed by atoms with Crippen LogP contribution in [-0.4, -0.2) is 50.9 Å². The minimum Gasteiger partial charge on any atom is -0.399 e. The van der Waals surface area contributed by atoms with Crippen LogP contribution >= 0.6 is 11.3 Å². The quantitative estimate of drug-likeness (QED) is 0.152. The van der Waals surface area contributed by atoms with Gasteiger partial charge in [-0.2, -0.15) is 5.10 Å². The molecule has 9 nitrogen and oxygen atoms in total. The molecule has 1 aliphatic carbocycles. The lowest BCUT2D eigenvalue weighted by atomic mass is 10.1. The fourth-order valence-electron chi connectivity index (χ4n) is 3.19. The molecule has 10 heteroatoms. The van der Waals surface area contributed by atoms with Crippen molar-refractivity contribution in [3.05, 3.63) is 94.7 Å². The number of rotatable bonds is 7. The number of aryl methyl sites for hydroxylation is 4. The highest BCUT2D eigenvalue weighted by Crippen LogP contribution is 2.46. The molecule has 0 unspecified atom stereocenters. The second-order valence-electron chi connectivity index (χ2n) is 9.41. The summed E-state index contributed by atoms with van der Waals surface area (Å²) in [6, 6.07) is 14.1. The van der Waals surface area contributed by atoms with Gasteiger partial charge in [0.25, 0.3) is 0 Å². The van der Waals surface area contributed by atoms with E-state index >= 15 is 0 Å². The number of aromatic nitrogens is 5. The Hall–Kier alpha value is -3.92. The fourth-order valence-corrected chi connectivity index (χ4v) is 3.83. The topological polar surface area (TPSA) is 99.7 Å². The monoisotopic (exact) mass is 623 g/mol. The van der Waals surface area contributed by atoms with Crippen molar-refractivity contribution in [2.24, 2.45) is 17.4 Å². The molecule has 0 amide bonds. The molecule has 4 aromatic heterocycles. The number of nitrogens with zero attached hydrogens (tertiary/aromatic N) is 7. The normalized spacial score (nSPS) is 11.9. The maximum Gasteiger partial charge on any atom is 0.114 e. The zero-order valence-corrected chi connectivity index (χ0v) is 29.0. The average Bonchev–Trinajstić information content (AvgIpc) is 3.41. The molecule has 4 aromatic rings. The predicted octanol–water partition coefficient (Wildman–Crippen LogP) is 8.13. The Bertz CT molecular complexity index is 1210. The second kappa shape index (κ2) is 26.7. The Morgan fingerprint density at radius 1 is 0.841 bits per heavy atom. The summed E-state index contributed by atoms with van der Waals surface area (Å²) < 4.78 is 1.89. The summed E-state index contributed by atoms with van der Waals surface area (Å²) in [5.41, 5.74) is 7.19. The highest BCUT2D eigenvalue weighted by atomic mass is 32.1. The number of thiazole rings is 1. The third-order valence-corrected chi connectivity index (χ3v) is 6.66. The molecule has 0 bridgehead atoms. The van der Waals surface area contributed by atoms with Gasteiger partial charge >= 0.3 is 0 Å². The molecular formula is C34H53N7O2S. The van der Waals surface area contributed by atoms with Gasteiger partial charge in [-0.1, -0.05) is 45.0 Å². The lowest BCUT2D eigenvalue weighted by Crippen LogP contribution is -2.01. The van der Waals surface area contributed by atoms with Gasteiger partial charge in [0.2, 0.25) is 0 Å². The first kappa shape index (κ1) is 40.1. The molecule has 5 rings (SSSR count). The summed E-state index contributed by atoms with van der Waals surface area (Å²) in [6.07, 6.45) is 14.5. The zero-order valence-electron chi connectivity index (χ0n) is 28.2. The third-order valence-electron chi connectivity index (χ3n) is 6.02. The molecule has 4 heterocycles. The van der Waals surface area contributed by atoms with E-state index in [2.05, 4.69) is 85.2 Å². The zero-order chi connectivity index (χ0) is 32.9. The maximum atomic E-state index is 4.55. The number of hydrogen-bond donors (Lipinski definition) is 0. The van der Waals surface area contributed by atoms with Crippen molar-refractivity contribution >= 4 is 23.8 Å². The summed E-state index contributed by atoms with van der Waals surface area (Å²) in [5.74, 6) is 0. The minimum absolute atomic E-state index is 0.432. The molecule has 0 spiro atoms. The van der Waals surface area contributed by atoms with E-state index in [-0.39, 0.29) is 0 Å². The Morgan fingerprint density at radius 2 is 1.50 bits per heavy atom. The molecule has 1 saturated carbocycles. The summed E-state index contributed by atoms with van der Waals surface area (Å²) in [7, 11) is 3.47. The van der Waals surface area contributed by atoms with Crippen molar-refractivity contribution in [1.82, 2.24) is 24.7 Å². The minimum atomic E-state index is 0.432. The first-order chi connectivity index (χ1) is 21.3. The molecule has 242 valence electrons.